The molecule has 7 rings (SSSR count). The van der Waals surface area contributed by atoms with Crippen LogP contribution in [0.4, 0.5) is 16.2 Å². The van der Waals surface area contributed by atoms with Gasteiger partial charge >= 0.3 is 109 Å². The fourth-order valence-electron chi connectivity index (χ4n) is 7.71. The Morgan fingerprint density at radius 3 is 1.68 bits per heavy atom. The first-order chi connectivity index (χ1) is 34.5. The summed E-state index contributed by atoms with van der Waals surface area (Å²) >= 11 is 3.31. The zero-order valence-corrected chi connectivity index (χ0v) is 52.4. The molecule has 2 fully saturated rings. The molecule has 0 spiro atoms. The fraction of sp³-hybridized carbons (Fsp3) is 0.321. The van der Waals surface area contributed by atoms with Gasteiger partial charge < -0.3 is 46.3 Å². The van der Waals surface area contributed by atoms with Crippen molar-refractivity contribution in [2.24, 2.45) is 0 Å². The Hall–Kier alpha value is -3.87. The van der Waals surface area contributed by atoms with Crippen molar-refractivity contribution >= 4 is 51.7 Å². The standard InChI is InChI=1S/C31H34N2O5.C20H21NO3.C4H10BrN.CH2O3.2K.H/c1-20-12-13-25(29-23(4)30(34)33(29)26-16-21(2)22(3)28(18-26)36-5)17-27(20)37-15-9-14-32-31(35)38-19-24-10-7-6-8-11-24;1-11-6-7-15(9-17(11)22)19-14(4)20(23)21(19)16-8-12(2)13(3)18(10-16)24-5;1-6-4-2-3-5;2-1-4-3;;;/h6-8,10-13,16-18,29H,4,9,14-15,19H2,1-3,5H3,(H,32,35);6-10,19,22H,4H2,1-3,5H3;6H,2-4H2,1H3;1,3H;;;/q;;;;2*+1;-1/p-1/t29-;19-;;;;;/m11...../s1. The minimum absolute atomic E-state index is 0. The first-order valence-electron chi connectivity index (χ1n) is 23.2. The molecule has 5 aromatic rings. The number of methoxy groups -OCH3 is 2. The van der Waals surface area contributed by atoms with E-state index in [0.29, 0.717) is 30.7 Å². The number of alkyl halides is 1. The van der Waals surface area contributed by atoms with Gasteiger partial charge in [-0.3, -0.25) is 24.2 Å². The van der Waals surface area contributed by atoms with E-state index >= 15 is 0 Å². The van der Waals surface area contributed by atoms with Crippen LogP contribution in [0, 0.1) is 41.5 Å². The average Bonchev–Trinajstić information content (AvgIpc) is 3.39. The predicted molar refractivity (Wildman–Crippen MR) is 283 cm³/mol. The van der Waals surface area contributed by atoms with Crippen LogP contribution in [0.3, 0.4) is 0 Å². The molecule has 2 aliphatic rings. The number of hydrogen-bond donors (Lipinski definition) is 3. The average molecular weight is 1130 g/mol. The second-order valence-corrected chi connectivity index (χ2v) is 17.8. The maximum absolute atomic E-state index is 12.8. The Kier molecular flexibility index (Phi) is 29.8. The second-order valence-electron chi connectivity index (χ2n) is 17.0. The minimum Gasteiger partial charge on any atom is -1.00 e. The molecule has 0 bridgehead atoms. The molecule has 0 unspecified atom stereocenters. The molecular weight excluding hydrogens is 1060 g/mol. The van der Waals surface area contributed by atoms with Gasteiger partial charge in [-0.1, -0.05) is 83.7 Å². The molecular formula is C56H67BrK2N4O11. The number of ether oxygens (including phenoxy) is 4. The number of carbonyl (C=O) groups excluding carboxylic acids is 4. The van der Waals surface area contributed by atoms with Crippen LogP contribution in [-0.2, 0) is 30.6 Å². The smallest absolute Gasteiger partial charge is 1.00 e. The van der Waals surface area contributed by atoms with Crippen LogP contribution in [0.5, 0.6) is 23.0 Å². The van der Waals surface area contributed by atoms with Crippen LogP contribution in [0.25, 0.3) is 0 Å². The Balaban J connectivity index is 0.000000650. The van der Waals surface area contributed by atoms with Crippen molar-refractivity contribution in [1.29, 1.82) is 0 Å². The molecule has 2 atom stereocenters. The van der Waals surface area contributed by atoms with Crippen molar-refractivity contribution in [3.63, 3.8) is 0 Å². The van der Waals surface area contributed by atoms with Gasteiger partial charge in [0.1, 0.15) is 29.6 Å². The van der Waals surface area contributed by atoms with Crippen molar-refractivity contribution in [2.45, 2.75) is 73.1 Å². The number of nitrogens with one attached hydrogen (secondary N) is 2. The molecule has 0 aliphatic carbocycles. The van der Waals surface area contributed by atoms with E-state index in [1.54, 1.807) is 30.1 Å². The van der Waals surface area contributed by atoms with E-state index in [4.69, 9.17) is 29.0 Å². The number of nitrogens with zero attached hydrogens (tertiary/aromatic N) is 2. The number of halogens is 1. The normalized spacial score (nSPS) is 14.0. The fourth-order valence-corrected chi connectivity index (χ4v) is 7.99. The van der Waals surface area contributed by atoms with Gasteiger partial charge in [-0.15, -0.1) is 0 Å². The van der Waals surface area contributed by atoms with E-state index in [9.17, 15) is 19.5 Å². The zero-order valence-electron chi connectivity index (χ0n) is 45.6. The van der Waals surface area contributed by atoms with Crippen LogP contribution >= 0.6 is 15.9 Å². The summed E-state index contributed by atoms with van der Waals surface area (Å²) in [5.41, 5.74) is 11.3. The summed E-state index contributed by atoms with van der Waals surface area (Å²) in [7, 11) is 5.22. The summed E-state index contributed by atoms with van der Waals surface area (Å²) in [6.45, 7) is 21.8. The number of benzene rings is 5. The molecule has 15 nitrogen and oxygen atoms in total. The summed E-state index contributed by atoms with van der Waals surface area (Å²) in [6, 6.07) is 28.1. The third-order valence-corrected chi connectivity index (χ3v) is 12.7. The Labute approximate surface area is 530 Å². The zero-order chi connectivity index (χ0) is 53.1. The van der Waals surface area contributed by atoms with Crippen LogP contribution in [-0.4, -0.2) is 75.8 Å². The number of carbonyl (C=O) groups is 4. The van der Waals surface area contributed by atoms with Crippen LogP contribution in [0.15, 0.2) is 115 Å². The van der Waals surface area contributed by atoms with E-state index in [1.165, 1.54) is 6.42 Å². The predicted octanol–water partition coefficient (Wildman–Crippen LogP) is 3.48. The van der Waals surface area contributed by atoms with E-state index in [1.807, 2.05) is 134 Å². The molecule has 5 aromatic carbocycles. The number of amides is 3. The Morgan fingerprint density at radius 1 is 0.730 bits per heavy atom. The monoisotopic (exact) mass is 1130 g/mol. The number of phenols is 1. The summed E-state index contributed by atoms with van der Waals surface area (Å²) in [5, 5.41) is 25.3. The maximum Gasteiger partial charge on any atom is 1.00 e. The third-order valence-electron chi connectivity index (χ3n) is 12.1. The quantitative estimate of drug-likeness (QED) is 0.0180. The Bertz CT molecular complexity index is 2710. The van der Waals surface area contributed by atoms with Gasteiger partial charge in [-0.05, 0) is 142 Å². The molecule has 3 amide bonds. The number of aryl methyl sites for hydroxylation is 4. The van der Waals surface area contributed by atoms with Crippen LogP contribution < -0.4 is 143 Å². The van der Waals surface area contributed by atoms with Crippen LogP contribution in [0.2, 0.25) is 0 Å². The largest absolute Gasteiger partial charge is 1.00 e. The van der Waals surface area contributed by atoms with Gasteiger partial charge in [0, 0.05) is 46.5 Å². The van der Waals surface area contributed by atoms with Crippen molar-refractivity contribution in [1.82, 2.24) is 10.6 Å². The SMILES string of the molecule is C=C1C(=O)N(c2cc(C)c(C)c(OC)c2)[C@H]1c1ccc(C)c(O)c1.C=C1C(=O)N(c2cc(C)c(C)c(OC)c2)[C@H]1c1ccc(C)c(OCCCNC(=O)OCc2ccccc2)c1.CNCCCBr.O=CO[O-].[H-].[K+].[K+]. The molecule has 0 radical (unpaired) electrons. The number of aromatic hydroxyl groups is 1. The van der Waals surface area contributed by atoms with E-state index in [2.05, 4.69) is 44.6 Å². The molecule has 2 aliphatic heterocycles. The molecule has 18 heteroatoms. The van der Waals surface area contributed by atoms with Gasteiger partial charge in [-0.2, -0.15) is 0 Å². The number of phenolic OH excluding ortho intramolecular Hbond substituents is 1. The summed E-state index contributed by atoms with van der Waals surface area (Å²) in [5.74, 6) is 2.24. The number of hydrogen-bond acceptors (Lipinski definition) is 12. The Morgan fingerprint density at radius 2 is 1.23 bits per heavy atom. The topological polar surface area (TPSA) is 188 Å². The molecule has 3 N–H and O–H groups in total. The molecule has 0 aromatic heterocycles. The van der Waals surface area contributed by atoms with Gasteiger partial charge in [0.2, 0.25) is 0 Å². The molecule has 2 heterocycles. The van der Waals surface area contributed by atoms with E-state index < -0.39 is 6.09 Å². The number of alkyl carbamates (subject to hydrolysis) is 1. The first kappa shape index (κ1) is 66.2. The van der Waals surface area contributed by atoms with Gasteiger partial charge in [0.05, 0.1) is 32.9 Å². The molecule has 0 saturated carbocycles. The second kappa shape index (κ2) is 33.3. The van der Waals surface area contributed by atoms with Crippen molar-refractivity contribution in [3.05, 3.63) is 165 Å². The number of β-lactam (4-membered cyclic amide) rings is 2. The number of rotatable bonds is 17. The first-order valence-corrected chi connectivity index (χ1v) is 24.4. The molecule has 2 saturated heterocycles. The summed E-state index contributed by atoms with van der Waals surface area (Å²) in [4.78, 5) is 51.9. The van der Waals surface area contributed by atoms with Gasteiger partial charge in [-0.25, -0.2) is 4.79 Å². The van der Waals surface area contributed by atoms with Gasteiger partial charge in [0.15, 0.2) is 0 Å². The van der Waals surface area contributed by atoms with Crippen LogP contribution in [0.1, 0.15) is 76.4 Å². The summed E-state index contributed by atoms with van der Waals surface area (Å²) in [6.07, 6.45) is 1.38. The summed E-state index contributed by atoms with van der Waals surface area (Å²) < 4.78 is 22.2. The minimum atomic E-state index is -0.455. The maximum atomic E-state index is 12.8. The van der Waals surface area contributed by atoms with E-state index in [0.717, 1.165) is 90.6 Å². The molecule has 74 heavy (non-hydrogen) atoms. The van der Waals surface area contributed by atoms with Crippen molar-refractivity contribution in [2.75, 3.05) is 56.1 Å². The number of anilines is 2. The van der Waals surface area contributed by atoms with E-state index in [-0.39, 0.29) is 147 Å². The van der Waals surface area contributed by atoms with Gasteiger partial charge in [0.25, 0.3) is 18.3 Å². The molecule has 386 valence electrons. The van der Waals surface area contributed by atoms with Crippen molar-refractivity contribution in [3.8, 4) is 23.0 Å². The third kappa shape index (κ3) is 17.9. The van der Waals surface area contributed by atoms with Crippen molar-refractivity contribution < 1.29 is 158 Å².